The number of quaternary nitrogens is 1. The number of carbonyl (C=O) groups excluding carboxylic acids is 2. The Balaban J connectivity index is 1.78. The molecule has 0 aromatic carbocycles. The number of rotatable bonds is 5. The van der Waals surface area contributed by atoms with Gasteiger partial charge in [0.2, 0.25) is 5.91 Å². The second-order valence-electron chi connectivity index (χ2n) is 6.70. The fourth-order valence-corrected chi connectivity index (χ4v) is 4.75. The summed E-state index contributed by atoms with van der Waals surface area (Å²) in [6.07, 6.45) is 0.484. The second kappa shape index (κ2) is 6.43. The van der Waals surface area contributed by atoms with Crippen molar-refractivity contribution in [3.63, 3.8) is 0 Å². The van der Waals surface area contributed by atoms with Gasteiger partial charge in [0.25, 0.3) is 0 Å². The monoisotopic (exact) mass is 342 g/mol. The number of aliphatic hydroxyl groups excluding tert-OH is 1. The summed E-state index contributed by atoms with van der Waals surface area (Å²) in [6, 6.07) is 0. The molecule has 128 valence electrons. The maximum Gasteiger partial charge on any atom is 0.356 e. The first-order chi connectivity index (χ1) is 10.9. The number of nitrogens with zero attached hydrogens (tertiary/aromatic N) is 3. The Bertz CT molecular complexity index is 543. The molecular formula is C15H24N3O4S+. The van der Waals surface area contributed by atoms with Crippen molar-refractivity contribution in [1.82, 2.24) is 9.80 Å². The molecule has 1 atom stereocenters. The molecule has 8 heteroatoms. The fraction of sp³-hybridized carbons (Fsp3) is 0.733. The third kappa shape index (κ3) is 3.26. The standard InChI is InChI=1S/C15H24N3O4S/c1-16-3-5-18(2,6-4-16)10-11-14(15(21)22-8-7-19)17-12(20)9-13(17)23-11/h13,19H,3-10H2,1-2H3/q+1/t13-/m1/s1. The number of hydrogen-bond acceptors (Lipinski definition) is 6. The van der Waals surface area contributed by atoms with Crippen LogP contribution in [0.4, 0.5) is 0 Å². The highest BCUT2D eigenvalue weighted by atomic mass is 32.2. The van der Waals surface area contributed by atoms with E-state index in [0.717, 1.165) is 42.1 Å². The summed E-state index contributed by atoms with van der Waals surface area (Å²) in [5.41, 5.74) is 0.406. The van der Waals surface area contributed by atoms with Gasteiger partial charge >= 0.3 is 5.97 Å². The van der Waals surface area contributed by atoms with Crippen LogP contribution in [-0.2, 0) is 14.3 Å². The number of amides is 1. The average Bonchev–Trinajstić information content (AvgIpc) is 2.80. The van der Waals surface area contributed by atoms with Gasteiger partial charge in [0.15, 0.2) is 0 Å². The van der Waals surface area contributed by atoms with Crippen LogP contribution in [0.25, 0.3) is 0 Å². The lowest BCUT2D eigenvalue weighted by molar-refractivity contribution is -0.908. The summed E-state index contributed by atoms with van der Waals surface area (Å²) in [5, 5.41) is 8.90. The number of β-lactam (4-membered cyclic amide) rings is 1. The molecule has 1 amide bonds. The van der Waals surface area contributed by atoms with Crippen molar-refractivity contribution >= 4 is 23.6 Å². The summed E-state index contributed by atoms with van der Waals surface area (Å²) in [7, 11) is 4.32. The van der Waals surface area contributed by atoms with Crippen LogP contribution in [0.2, 0.25) is 0 Å². The van der Waals surface area contributed by atoms with Crippen molar-refractivity contribution < 1.29 is 23.9 Å². The van der Waals surface area contributed by atoms with Gasteiger partial charge in [0.05, 0.1) is 43.4 Å². The number of ether oxygens (including phenoxy) is 1. The molecule has 7 nitrogen and oxygen atoms in total. The van der Waals surface area contributed by atoms with Crippen LogP contribution >= 0.6 is 11.8 Å². The highest BCUT2D eigenvalue weighted by molar-refractivity contribution is 8.04. The number of fused-ring (bicyclic) bond motifs is 1. The summed E-state index contributed by atoms with van der Waals surface area (Å²) in [6.45, 7) is 4.62. The first-order valence-electron chi connectivity index (χ1n) is 7.95. The van der Waals surface area contributed by atoms with Gasteiger partial charge in [-0.15, -0.1) is 0 Å². The molecule has 0 aliphatic carbocycles. The largest absolute Gasteiger partial charge is 0.459 e. The van der Waals surface area contributed by atoms with E-state index < -0.39 is 5.97 Å². The van der Waals surface area contributed by atoms with E-state index in [1.54, 1.807) is 16.7 Å². The molecule has 3 heterocycles. The first-order valence-corrected chi connectivity index (χ1v) is 8.83. The van der Waals surface area contributed by atoms with E-state index in [-0.39, 0.29) is 24.5 Å². The van der Waals surface area contributed by atoms with Crippen molar-refractivity contribution in [2.75, 3.05) is 60.0 Å². The predicted octanol–water partition coefficient (Wildman–Crippen LogP) is -0.569. The predicted molar refractivity (Wildman–Crippen MR) is 86.2 cm³/mol. The highest BCUT2D eigenvalue weighted by Crippen LogP contribution is 2.47. The quantitative estimate of drug-likeness (QED) is 0.410. The van der Waals surface area contributed by atoms with Crippen LogP contribution in [-0.4, -0.2) is 96.7 Å². The zero-order valence-electron chi connectivity index (χ0n) is 13.7. The SMILES string of the molecule is CN1CC[N+](C)(CC2=C(C(=O)OCCO)N3C(=O)C[C@H]3S2)CC1. The Hall–Kier alpha value is -1.09. The van der Waals surface area contributed by atoms with Crippen molar-refractivity contribution in [3.8, 4) is 0 Å². The van der Waals surface area contributed by atoms with Gasteiger partial charge in [0.1, 0.15) is 18.8 Å². The van der Waals surface area contributed by atoms with Crippen LogP contribution < -0.4 is 0 Å². The molecule has 1 N–H and O–H groups in total. The van der Waals surface area contributed by atoms with Gasteiger partial charge < -0.3 is 14.3 Å². The number of esters is 1. The molecule has 0 bridgehead atoms. The van der Waals surface area contributed by atoms with Crippen LogP contribution in [0.15, 0.2) is 10.6 Å². The van der Waals surface area contributed by atoms with E-state index in [0.29, 0.717) is 12.1 Å². The summed E-state index contributed by atoms with van der Waals surface area (Å²) < 4.78 is 5.95. The van der Waals surface area contributed by atoms with Gasteiger partial charge in [-0.05, 0) is 7.05 Å². The van der Waals surface area contributed by atoms with E-state index in [2.05, 4.69) is 19.0 Å². The lowest BCUT2D eigenvalue weighted by Crippen LogP contribution is -2.56. The zero-order valence-corrected chi connectivity index (χ0v) is 14.5. The number of thioether (sulfide) groups is 1. The Morgan fingerprint density at radius 2 is 2.13 bits per heavy atom. The van der Waals surface area contributed by atoms with Crippen molar-refractivity contribution in [1.29, 1.82) is 0 Å². The number of piperazine rings is 1. The van der Waals surface area contributed by atoms with E-state index >= 15 is 0 Å². The van der Waals surface area contributed by atoms with Gasteiger partial charge in [-0.3, -0.25) is 14.6 Å². The Morgan fingerprint density at radius 1 is 1.43 bits per heavy atom. The third-order valence-corrected chi connectivity index (χ3v) is 6.03. The smallest absolute Gasteiger partial charge is 0.356 e. The molecule has 2 saturated heterocycles. The molecule has 0 saturated carbocycles. The maximum absolute atomic E-state index is 12.3. The van der Waals surface area contributed by atoms with Crippen molar-refractivity contribution in [2.45, 2.75) is 11.8 Å². The van der Waals surface area contributed by atoms with E-state index in [1.807, 2.05) is 0 Å². The molecule has 2 fully saturated rings. The molecule has 3 aliphatic heterocycles. The van der Waals surface area contributed by atoms with Crippen LogP contribution in [0.5, 0.6) is 0 Å². The molecule has 0 aromatic rings. The Labute approximate surface area is 140 Å². The lowest BCUT2D eigenvalue weighted by Gasteiger charge is -2.41. The molecule has 3 aliphatic rings. The Kier molecular flexibility index (Phi) is 4.68. The van der Waals surface area contributed by atoms with Gasteiger partial charge in [-0.25, -0.2) is 4.79 Å². The average molecular weight is 342 g/mol. The molecule has 0 aromatic heterocycles. The highest BCUT2D eigenvalue weighted by Gasteiger charge is 2.50. The minimum atomic E-state index is -0.488. The van der Waals surface area contributed by atoms with Crippen LogP contribution in [0, 0.1) is 0 Å². The minimum Gasteiger partial charge on any atom is -0.459 e. The molecule has 0 unspecified atom stereocenters. The number of carbonyl (C=O) groups is 2. The molecule has 23 heavy (non-hydrogen) atoms. The zero-order chi connectivity index (χ0) is 16.6. The van der Waals surface area contributed by atoms with Crippen LogP contribution in [0.1, 0.15) is 6.42 Å². The molecule has 0 radical (unpaired) electrons. The van der Waals surface area contributed by atoms with E-state index in [1.165, 1.54) is 0 Å². The van der Waals surface area contributed by atoms with Crippen LogP contribution in [0.3, 0.4) is 0 Å². The van der Waals surface area contributed by atoms with E-state index in [4.69, 9.17) is 9.84 Å². The minimum absolute atomic E-state index is 0.0190. The lowest BCUT2D eigenvalue weighted by atomic mass is 10.1. The topological polar surface area (TPSA) is 70.1 Å². The third-order valence-electron chi connectivity index (χ3n) is 4.78. The summed E-state index contributed by atoms with van der Waals surface area (Å²) in [4.78, 5) is 29.0. The molecule has 0 spiro atoms. The van der Waals surface area contributed by atoms with Crippen molar-refractivity contribution in [2.24, 2.45) is 0 Å². The number of aliphatic hydroxyl groups is 1. The summed E-state index contributed by atoms with van der Waals surface area (Å²) in [5.74, 6) is -0.507. The normalized spacial score (nSPS) is 27.0. The number of hydrogen-bond donors (Lipinski definition) is 1. The van der Waals surface area contributed by atoms with Gasteiger partial charge in [0, 0.05) is 13.1 Å². The van der Waals surface area contributed by atoms with Gasteiger partial charge in [-0.1, -0.05) is 11.8 Å². The Morgan fingerprint density at radius 3 is 2.74 bits per heavy atom. The van der Waals surface area contributed by atoms with Gasteiger partial charge in [-0.2, -0.15) is 0 Å². The summed E-state index contributed by atoms with van der Waals surface area (Å²) >= 11 is 1.62. The maximum atomic E-state index is 12.3. The number of likely N-dealkylation sites (N-methyl/N-ethyl adjacent to an activating group) is 2. The molecule has 3 rings (SSSR count). The molecular weight excluding hydrogens is 318 g/mol. The fourth-order valence-electron chi connectivity index (χ4n) is 3.19. The van der Waals surface area contributed by atoms with E-state index in [9.17, 15) is 9.59 Å². The first kappa shape index (κ1) is 16.8. The second-order valence-corrected chi connectivity index (χ2v) is 7.97. The van der Waals surface area contributed by atoms with Crippen molar-refractivity contribution in [3.05, 3.63) is 10.6 Å².